The molecule has 1 saturated carbocycles. The second-order valence-corrected chi connectivity index (χ2v) is 6.07. The predicted octanol–water partition coefficient (Wildman–Crippen LogP) is 1.18. The molecule has 0 aromatic rings. The van der Waals surface area contributed by atoms with Crippen molar-refractivity contribution in [1.29, 1.82) is 0 Å². The summed E-state index contributed by atoms with van der Waals surface area (Å²) in [5.74, 6) is -0.636. The van der Waals surface area contributed by atoms with Gasteiger partial charge in [-0.2, -0.15) is 0 Å². The molecule has 114 valence electrons. The molecule has 0 aromatic heterocycles. The van der Waals surface area contributed by atoms with Crippen molar-refractivity contribution in [2.75, 3.05) is 6.54 Å². The molecular formula is C14H24N2O4. The van der Waals surface area contributed by atoms with Gasteiger partial charge >= 0.3 is 12.0 Å². The number of likely N-dealkylation sites (tertiary alicyclic amines) is 1. The fourth-order valence-corrected chi connectivity index (χ4v) is 3.22. The molecule has 2 fully saturated rings. The Kier molecular flexibility index (Phi) is 4.86. The minimum atomic E-state index is -1.05. The molecular weight excluding hydrogens is 260 g/mol. The molecule has 6 nitrogen and oxygen atoms in total. The van der Waals surface area contributed by atoms with E-state index in [4.69, 9.17) is 5.11 Å². The Labute approximate surface area is 119 Å². The summed E-state index contributed by atoms with van der Waals surface area (Å²) in [6.45, 7) is 2.23. The normalized spacial score (nSPS) is 34.6. The highest BCUT2D eigenvalue weighted by Gasteiger charge is 2.39. The summed E-state index contributed by atoms with van der Waals surface area (Å²) >= 11 is 0. The number of nitrogens with zero attached hydrogens (tertiary/aromatic N) is 1. The topological polar surface area (TPSA) is 89.9 Å². The van der Waals surface area contributed by atoms with Crippen LogP contribution in [0.5, 0.6) is 0 Å². The van der Waals surface area contributed by atoms with E-state index in [0.29, 0.717) is 5.92 Å². The third-order valence-corrected chi connectivity index (χ3v) is 4.50. The molecule has 2 unspecified atom stereocenters. The maximum Gasteiger partial charge on any atom is 0.326 e. The number of hydrogen-bond acceptors (Lipinski definition) is 3. The fourth-order valence-electron chi connectivity index (χ4n) is 3.22. The molecule has 6 heteroatoms. The fraction of sp³-hybridized carbons (Fsp3) is 0.857. The van der Waals surface area contributed by atoms with Crippen LogP contribution in [0.1, 0.15) is 45.4 Å². The number of urea groups is 1. The number of β-amino-alcohol motifs (C(OH)–C–C–N with tert-alkyl or cyclic N) is 1. The third-order valence-electron chi connectivity index (χ3n) is 4.50. The minimum Gasteiger partial charge on any atom is -0.480 e. The predicted molar refractivity (Wildman–Crippen MR) is 73.3 cm³/mol. The van der Waals surface area contributed by atoms with Crippen LogP contribution >= 0.6 is 0 Å². The SMILES string of the molecule is CC1CCCCCC1NC(=O)N1C[C@H](O)C[C@@H]1C(=O)O. The van der Waals surface area contributed by atoms with Gasteiger partial charge in [-0.05, 0) is 18.8 Å². The Bertz CT molecular complexity index is 374. The van der Waals surface area contributed by atoms with Crippen molar-refractivity contribution in [3.63, 3.8) is 0 Å². The quantitative estimate of drug-likeness (QED) is 0.664. The van der Waals surface area contributed by atoms with Crippen LogP contribution in [-0.4, -0.2) is 51.8 Å². The third kappa shape index (κ3) is 3.42. The largest absolute Gasteiger partial charge is 0.480 e. The first-order chi connectivity index (χ1) is 9.49. The van der Waals surface area contributed by atoms with E-state index in [-0.39, 0.29) is 25.0 Å². The first kappa shape index (κ1) is 15.1. The highest BCUT2D eigenvalue weighted by molar-refractivity contribution is 5.83. The van der Waals surface area contributed by atoms with Gasteiger partial charge in [-0.25, -0.2) is 9.59 Å². The van der Waals surface area contributed by atoms with Gasteiger partial charge in [-0.3, -0.25) is 0 Å². The van der Waals surface area contributed by atoms with Crippen LogP contribution < -0.4 is 5.32 Å². The summed E-state index contributed by atoms with van der Waals surface area (Å²) in [5, 5.41) is 21.7. The van der Waals surface area contributed by atoms with Crippen LogP contribution in [0.3, 0.4) is 0 Å². The lowest BCUT2D eigenvalue weighted by Gasteiger charge is -2.28. The lowest BCUT2D eigenvalue weighted by Crippen LogP contribution is -2.50. The van der Waals surface area contributed by atoms with Gasteiger partial charge in [0, 0.05) is 19.0 Å². The Morgan fingerprint density at radius 3 is 2.60 bits per heavy atom. The number of aliphatic carboxylic acids is 1. The number of hydrogen-bond donors (Lipinski definition) is 3. The van der Waals surface area contributed by atoms with E-state index in [9.17, 15) is 14.7 Å². The zero-order chi connectivity index (χ0) is 14.7. The minimum absolute atomic E-state index is 0.101. The van der Waals surface area contributed by atoms with E-state index in [2.05, 4.69) is 12.2 Å². The standard InChI is InChI=1S/C14H24N2O4/c1-9-5-3-2-4-6-11(9)15-14(20)16-8-10(17)7-12(16)13(18)19/h9-12,17H,2-8H2,1H3,(H,15,20)(H,18,19)/t9?,10-,11?,12-/m1/s1. The summed E-state index contributed by atoms with van der Waals surface area (Å²) in [4.78, 5) is 24.7. The molecule has 1 aliphatic heterocycles. The van der Waals surface area contributed by atoms with Crippen LogP contribution in [0.4, 0.5) is 4.79 Å². The van der Waals surface area contributed by atoms with Crippen molar-refractivity contribution in [3.8, 4) is 0 Å². The van der Waals surface area contributed by atoms with E-state index < -0.39 is 18.1 Å². The van der Waals surface area contributed by atoms with Crippen molar-refractivity contribution in [1.82, 2.24) is 10.2 Å². The first-order valence-electron chi connectivity index (χ1n) is 7.47. The molecule has 2 rings (SSSR count). The highest BCUT2D eigenvalue weighted by Crippen LogP contribution is 2.24. The summed E-state index contributed by atoms with van der Waals surface area (Å²) in [6, 6.07) is -1.16. The van der Waals surface area contributed by atoms with Crippen LogP contribution in [0.25, 0.3) is 0 Å². The zero-order valence-electron chi connectivity index (χ0n) is 11.9. The average Bonchev–Trinajstić information content (AvgIpc) is 2.68. The smallest absolute Gasteiger partial charge is 0.326 e. The molecule has 0 radical (unpaired) electrons. The molecule has 1 heterocycles. The maximum absolute atomic E-state index is 12.3. The van der Waals surface area contributed by atoms with Gasteiger partial charge in [0.15, 0.2) is 0 Å². The summed E-state index contributed by atoms with van der Waals surface area (Å²) in [6.07, 6.45) is 4.89. The number of amides is 2. The summed E-state index contributed by atoms with van der Waals surface area (Å²) in [5.41, 5.74) is 0. The highest BCUT2D eigenvalue weighted by atomic mass is 16.4. The van der Waals surface area contributed by atoms with Gasteiger partial charge in [0.1, 0.15) is 6.04 Å². The molecule has 0 bridgehead atoms. The van der Waals surface area contributed by atoms with Gasteiger partial charge in [0.25, 0.3) is 0 Å². The number of aliphatic hydroxyl groups is 1. The molecule has 20 heavy (non-hydrogen) atoms. The van der Waals surface area contributed by atoms with Crippen molar-refractivity contribution in [3.05, 3.63) is 0 Å². The number of carboxylic acids is 1. The Hall–Kier alpha value is -1.30. The van der Waals surface area contributed by atoms with Crippen molar-refractivity contribution >= 4 is 12.0 Å². The number of nitrogens with one attached hydrogen (secondary N) is 1. The van der Waals surface area contributed by atoms with E-state index >= 15 is 0 Å². The summed E-state index contributed by atoms with van der Waals surface area (Å²) < 4.78 is 0. The molecule has 2 aliphatic rings. The molecule has 1 aliphatic carbocycles. The Morgan fingerprint density at radius 1 is 1.20 bits per heavy atom. The average molecular weight is 284 g/mol. The lowest BCUT2D eigenvalue weighted by atomic mass is 9.97. The van der Waals surface area contributed by atoms with E-state index in [1.165, 1.54) is 17.7 Å². The molecule has 4 atom stereocenters. The van der Waals surface area contributed by atoms with Gasteiger partial charge < -0.3 is 20.4 Å². The Morgan fingerprint density at radius 2 is 1.90 bits per heavy atom. The van der Waals surface area contributed by atoms with Crippen molar-refractivity contribution in [2.24, 2.45) is 5.92 Å². The first-order valence-corrected chi connectivity index (χ1v) is 7.47. The van der Waals surface area contributed by atoms with Gasteiger partial charge in [0.2, 0.25) is 0 Å². The summed E-state index contributed by atoms with van der Waals surface area (Å²) in [7, 11) is 0. The van der Waals surface area contributed by atoms with Crippen LogP contribution in [0, 0.1) is 5.92 Å². The van der Waals surface area contributed by atoms with Gasteiger partial charge in [-0.15, -0.1) is 0 Å². The molecule has 1 saturated heterocycles. The number of carboxylic acid groups (broad SMARTS) is 1. The number of aliphatic hydroxyl groups excluding tert-OH is 1. The number of carbonyl (C=O) groups is 2. The van der Waals surface area contributed by atoms with Gasteiger partial charge in [0.05, 0.1) is 6.10 Å². The van der Waals surface area contributed by atoms with E-state index in [1.54, 1.807) is 0 Å². The van der Waals surface area contributed by atoms with Crippen molar-refractivity contribution in [2.45, 2.75) is 63.6 Å². The van der Waals surface area contributed by atoms with Crippen LogP contribution in [0.15, 0.2) is 0 Å². The van der Waals surface area contributed by atoms with Crippen LogP contribution in [0.2, 0.25) is 0 Å². The maximum atomic E-state index is 12.3. The molecule has 0 spiro atoms. The monoisotopic (exact) mass is 284 g/mol. The number of rotatable bonds is 2. The van der Waals surface area contributed by atoms with E-state index in [1.807, 2.05) is 0 Å². The Balaban J connectivity index is 1.97. The van der Waals surface area contributed by atoms with Crippen LogP contribution in [-0.2, 0) is 4.79 Å². The second kappa shape index (κ2) is 6.43. The second-order valence-electron chi connectivity index (χ2n) is 6.07. The molecule has 3 N–H and O–H groups in total. The van der Waals surface area contributed by atoms with E-state index in [0.717, 1.165) is 19.3 Å². The van der Waals surface area contributed by atoms with Crippen molar-refractivity contribution < 1.29 is 19.8 Å². The molecule has 0 aromatic carbocycles. The lowest BCUT2D eigenvalue weighted by molar-refractivity contribution is -0.141. The number of carbonyl (C=O) groups excluding carboxylic acids is 1. The molecule has 2 amide bonds. The van der Waals surface area contributed by atoms with Gasteiger partial charge in [-0.1, -0.05) is 26.2 Å². The zero-order valence-corrected chi connectivity index (χ0v) is 11.9.